The molecule has 0 aliphatic heterocycles. The van der Waals surface area contributed by atoms with Gasteiger partial charge in [-0.15, -0.1) is 0 Å². The number of sulfonamides is 1. The number of hydrogen-bond acceptors (Lipinski definition) is 8. The Morgan fingerprint density at radius 2 is 1.35 bits per heavy atom. The van der Waals surface area contributed by atoms with Crippen LogP contribution in [0.2, 0.25) is 0 Å². The zero-order valence-corrected chi connectivity index (χ0v) is 29.2. The van der Waals surface area contributed by atoms with E-state index in [1.807, 2.05) is 67.6 Å². The minimum atomic E-state index is -4.48. The summed E-state index contributed by atoms with van der Waals surface area (Å²) in [6, 6.07) is 26.5. The third-order valence-corrected chi connectivity index (χ3v) is 9.65. The lowest BCUT2D eigenvalue weighted by molar-refractivity contribution is -0.140. The molecule has 0 saturated carbocycles. The molecule has 0 radical (unpaired) electrons. The van der Waals surface area contributed by atoms with Crippen LogP contribution >= 0.6 is 0 Å². The molecule has 1 atom stereocenters. The molecule has 0 aliphatic rings. The van der Waals surface area contributed by atoms with Crippen LogP contribution in [0.15, 0.2) is 102 Å². The van der Waals surface area contributed by atoms with Crippen LogP contribution in [0.5, 0.6) is 23.0 Å². The summed E-state index contributed by atoms with van der Waals surface area (Å²) >= 11 is 0. The fourth-order valence-corrected chi connectivity index (χ4v) is 6.74. The molecule has 4 aromatic carbocycles. The lowest BCUT2D eigenvalue weighted by atomic mass is 10.0. The molecule has 0 aliphatic carbocycles. The molecule has 4 rings (SSSR count). The van der Waals surface area contributed by atoms with Gasteiger partial charge in [0.2, 0.25) is 11.8 Å². The van der Waals surface area contributed by atoms with E-state index in [0.29, 0.717) is 24.5 Å². The molecule has 2 amide bonds. The van der Waals surface area contributed by atoms with E-state index in [2.05, 4.69) is 5.32 Å². The minimum Gasteiger partial charge on any atom is -0.497 e. The monoisotopic (exact) mass is 689 g/mol. The summed E-state index contributed by atoms with van der Waals surface area (Å²) in [4.78, 5) is 29.8. The highest BCUT2D eigenvalue weighted by Gasteiger charge is 2.36. The van der Waals surface area contributed by atoms with E-state index in [0.717, 1.165) is 15.4 Å². The van der Waals surface area contributed by atoms with Crippen molar-refractivity contribution in [1.29, 1.82) is 0 Å². The summed E-state index contributed by atoms with van der Waals surface area (Å²) in [6.45, 7) is 1.74. The Labute approximate surface area is 288 Å². The Kier molecular flexibility index (Phi) is 12.9. The minimum absolute atomic E-state index is 0.0518. The Bertz CT molecular complexity index is 1800. The van der Waals surface area contributed by atoms with Crippen molar-refractivity contribution in [2.75, 3.05) is 45.8 Å². The Morgan fingerprint density at radius 3 is 1.94 bits per heavy atom. The number of nitrogens with one attached hydrogen (secondary N) is 1. The van der Waals surface area contributed by atoms with Crippen molar-refractivity contribution in [1.82, 2.24) is 10.2 Å². The molecule has 49 heavy (non-hydrogen) atoms. The van der Waals surface area contributed by atoms with E-state index < -0.39 is 28.5 Å². The summed E-state index contributed by atoms with van der Waals surface area (Å²) in [6.07, 6.45) is 0.906. The smallest absolute Gasteiger partial charge is 0.265 e. The summed E-state index contributed by atoms with van der Waals surface area (Å²) in [5.41, 5.74) is 1.68. The number of rotatable bonds is 17. The summed E-state index contributed by atoms with van der Waals surface area (Å²) in [5.74, 6) is 0.104. The van der Waals surface area contributed by atoms with Gasteiger partial charge in [0.25, 0.3) is 10.0 Å². The largest absolute Gasteiger partial charge is 0.497 e. The van der Waals surface area contributed by atoms with Crippen LogP contribution in [-0.2, 0) is 32.6 Å². The van der Waals surface area contributed by atoms with Gasteiger partial charge in [-0.3, -0.25) is 13.9 Å². The van der Waals surface area contributed by atoms with Crippen LogP contribution in [0.4, 0.5) is 5.69 Å². The highest BCUT2D eigenvalue weighted by atomic mass is 32.2. The molecule has 12 heteroatoms. The van der Waals surface area contributed by atoms with Crippen molar-refractivity contribution in [3.8, 4) is 23.0 Å². The van der Waals surface area contributed by atoms with Gasteiger partial charge in [0.15, 0.2) is 11.5 Å². The van der Waals surface area contributed by atoms with Gasteiger partial charge in [-0.1, -0.05) is 67.6 Å². The topological polar surface area (TPSA) is 124 Å². The molecule has 0 saturated heterocycles. The first-order valence-corrected chi connectivity index (χ1v) is 17.2. The summed E-state index contributed by atoms with van der Waals surface area (Å²) in [5, 5.41) is 2.94. The van der Waals surface area contributed by atoms with Crippen LogP contribution in [0.25, 0.3) is 0 Å². The molecule has 11 nitrogen and oxygen atoms in total. The van der Waals surface area contributed by atoms with Gasteiger partial charge in [0, 0.05) is 31.6 Å². The highest BCUT2D eigenvalue weighted by Crippen LogP contribution is 2.38. The van der Waals surface area contributed by atoms with Crippen LogP contribution in [0.1, 0.15) is 24.5 Å². The SMILES string of the molecule is CCCNC(=O)[C@@H](Cc1ccccc1)N(Cc1ccccc1)C(=O)CN(c1cc(OC)ccc1OC)S(=O)(=O)c1ccc(OC)c(OC)c1. The van der Waals surface area contributed by atoms with Gasteiger partial charge in [-0.05, 0) is 41.8 Å². The van der Waals surface area contributed by atoms with E-state index >= 15 is 0 Å². The number of carbonyl (C=O) groups excluding carboxylic acids is 2. The lowest BCUT2D eigenvalue weighted by Crippen LogP contribution is -2.53. The third-order valence-electron chi connectivity index (χ3n) is 7.89. The number of amides is 2. The number of nitrogens with zero attached hydrogens (tertiary/aromatic N) is 2. The second kappa shape index (κ2) is 17.3. The number of benzene rings is 4. The van der Waals surface area contributed by atoms with Crippen molar-refractivity contribution in [3.05, 3.63) is 108 Å². The zero-order valence-electron chi connectivity index (χ0n) is 28.4. The molecule has 4 aromatic rings. The van der Waals surface area contributed by atoms with Crippen molar-refractivity contribution in [2.45, 2.75) is 37.2 Å². The third kappa shape index (κ3) is 9.02. The first-order chi connectivity index (χ1) is 23.7. The van der Waals surface area contributed by atoms with Gasteiger partial charge in [0.1, 0.15) is 24.1 Å². The van der Waals surface area contributed by atoms with E-state index in [-0.39, 0.29) is 41.0 Å². The van der Waals surface area contributed by atoms with Crippen molar-refractivity contribution in [3.63, 3.8) is 0 Å². The molecular formula is C37H43N3O8S. The summed E-state index contributed by atoms with van der Waals surface area (Å²) < 4.78 is 51.9. The molecule has 0 aromatic heterocycles. The number of hydrogen-bond donors (Lipinski definition) is 1. The quantitative estimate of drug-likeness (QED) is 0.163. The maximum Gasteiger partial charge on any atom is 0.265 e. The van der Waals surface area contributed by atoms with E-state index in [1.165, 1.54) is 57.6 Å². The second-order valence-electron chi connectivity index (χ2n) is 11.1. The lowest BCUT2D eigenvalue weighted by Gasteiger charge is -2.34. The number of carbonyl (C=O) groups is 2. The fraction of sp³-hybridized carbons (Fsp3) is 0.297. The Balaban J connectivity index is 1.88. The molecule has 0 unspecified atom stereocenters. The normalized spacial score (nSPS) is 11.6. The average Bonchev–Trinajstić information content (AvgIpc) is 3.14. The van der Waals surface area contributed by atoms with Gasteiger partial charge in [0.05, 0.1) is 39.0 Å². The number of methoxy groups -OCH3 is 4. The molecule has 1 N–H and O–H groups in total. The van der Waals surface area contributed by atoms with Gasteiger partial charge >= 0.3 is 0 Å². The highest BCUT2D eigenvalue weighted by molar-refractivity contribution is 7.92. The van der Waals surface area contributed by atoms with Gasteiger partial charge in [-0.25, -0.2) is 8.42 Å². The number of anilines is 1. The predicted molar refractivity (Wildman–Crippen MR) is 188 cm³/mol. The van der Waals surface area contributed by atoms with Crippen LogP contribution in [0.3, 0.4) is 0 Å². The average molecular weight is 690 g/mol. The molecule has 0 fully saturated rings. The van der Waals surface area contributed by atoms with Crippen molar-refractivity contribution in [2.24, 2.45) is 0 Å². The van der Waals surface area contributed by atoms with E-state index in [4.69, 9.17) is 18.9 Å². The maximum absolute atomic E-state index is 14.7. The fourth-order valence-electron chi connectivity index (χ4n) is 5.31. The Hall–Kier alpha value is -5.23. The molecule has 260 valence electrons. The van der Waals surface area contributed by atoms with Crippen molar-refractivity contribution < 1.29 is 37.0 Å². The zero-order chi connectivity index (χ0) is 35.4. The van der Waals surface area contributed by atoms with E-state index in [1.54, 1.807) is 12.1 Å². The molecular weight excluding hydrogens is 646 g/mol. The van der Waals surface area contributed by atoms with Crippen LogP contribution < -0.4 is 28.6 Å². The molecule has 0 spiro atoms. The number of ether oxygens (including phenoxy) is 4. The molecule has 0 heterocycles. The van der Waals surface area contributed by atoms with Gasteiger partial charge < -0.3 is 29.2 Å². The first kappa shape index (κ1) is 36.6. The van der Waals surface area contributed by atoms with Crippen LogP contribution in [0, 0.1) is 0 Å². The summed E-state index contributed by atoms with van der Waals surface area (Å²) in [7, 11) is 1.23. The molecule has 0 bridgehead atoms. The maximum atomic E-state index is 14.7. The van der Waals surface area contributed by atoms with Crippen LogP contribution in [-0.4, -0.2) is 72.7 Å². The standard InChI is InChI=1S/C37H43N3O8S/c1-6-21-38-37(42)32(22-27-13-9-7-10-14-27)39(25-28-15-11-8-12-16-28)36(41)26-40(31-23-29(45-2)17-19-33(31)46-3)49(43,44)30-18-20-34(47-4)35(24-30)48-5/h7-20,23-24,32H,6,21-22,25-26H2,1-5H3,(H,38,42)/t32-/m1/s1. The Morgan fingerprint density at radius 1 is 0.735 bits per heavy atom. The van der Waals surface area contributed by atoms with Gasteiger partial charge in [-0.2, -0.15) is 0 Å². The predicted octanol–water partition coefficient (Wildman–Crippen LogP) is 5.08. The second-order valence-corrected chi connectivity index (χ2v) is 12.9. The first-order valence-electron chi connectivity index (χ1n) is 15.8. The van der Waals surface area contributed by atoms with E-state index in [9.17, 15) is 18.0 Å². The van der Waals surface area contributed by atoms with Crippen molar-refractivity contribution >= 4 is 27.5 Å².